The van der Waals surface area contributed by atoms with Crippen LogP contribution in [0.15, 0.2) is 6.07 Å². The predicted molar refractivity (Wildman–Crippen MR) is 65.3 cm³/mol. The van der Waals surface area contributed by atoms with Gasteiger partial charge >= 0.3 is 5.97 Å². The summed E-state index contributed by atoms with van der Waals surface area (Å²) >= 11 is 0. The third-order valence-corrected chi connectivity index (χ3v) is 2.44. The van der Waals surface area contributed by atoms with Crippen molar-refractivity contribution in [1.82, 2.24) is 15.1 Å². The zero-order valence-corrected chi connectivity index (χ0v) is 10.7. The van der Waals surface area contributed by atoms with Crippen LogP contribution in [0.5, 0.6) is 0 Å². The topological polar surface area (TPSA) is 127 Å². The first-order valence-electron chi connectivity index (χ1n) is 5.71. The van der Waals surface area contributed by atoms with E-state index in [1.54, 1.807) is 19.9 Å². The molecular formula is C11H16N4O4. The molecule has 8 nitrogen and oxygen atoms in total. The first-order valence-corrected chi connectivity index (χ1v) is 5.71. The number of nitrogens with two attached hydrogens (primary N) is 1. The van der Waals surface area contributed by atoms with Crippen LogP contribution in [0.25, 0.3) is 0 Å². The van der Waals surface area contributed by atoms with Crippen molar-refractivity contribution in [1.29, 1.82) is 0 Å². The van der Waals surface area contributed by atoms with Gasteiger partial charge in [0.1, 0.15) is 11.7 Å². The molecule has 1 heterocycles. The normalized spacial score (nSPS) is 11.9. The van der Waals surface area contributed by atoms with Crippen molar-refractivity contribution >= 4 is 17.8 Å². The number of aryl methyl sites for hydroxylation is 2. The first-order chi connectivity index (χ1) is 8.85. The van der Waals surface area contributed by atoms with Gasteiger partial charge < -0.3 is 16.2 Å². The molecule has 1 aromatic heterocycles. The molecule has 0 aliphatic heterocycles. The fraction of sp³-hybridized carbons (Fsp3) is 0.455. The molecule has 0 fully saturated rings. The van der Waals surface area contributed by atoms with Gasteiger partial charge in [-0.15, -0.1) is 0 Å². The van der Waals surface area contributed by atoms with Crippen molar-refractivity contribution in [2.24, 2.45) is 5.73 Å². The summed E-state index contributed by atoms with van der Waals surface area (Å²) in [6, 6.07) is 0.202. The molecule has 0 spiro atoms. The molecule has 0 radical (unpaired) electrons. The van der Waals surface area contributed by atoms with E-state index >= 15 is 0 Å². The van der Waals surface area contributed by atoms with Gasteiger partial charge in [0.15, 0.2) is 0 Å². The number of aliphatic carboxylic acids is 1. The van der Waals surface area contributed by atoms with E-state index in [9.17, 15) is 14.4 Å². The van der Waals surface area contributed by atoms with Gasteiger partial charge in [-0.1, -0.05) is 0 Å². The zero-order valence-electron chi connectivity index (χ0n) is 10.7. The van der Waals surface area contributed by atoms with E-state index in [4.69, 9.17) is 10.8 Å². The van der Waals surface area contributed by atoms with Crippen LogP contribution >= 0.6 is 0 Å². The Morgan fingerprint density at radius 3 is 2.63 bits per heavy atom. The predicted octanol–water partition coefficient (Wildman–Crippen LogP) is -0.730. The maximum Gasteiger partial charge on any atom is 0.326 e. The molecule has 0 saturated carbocycles. The van der Waals surface area contributed by atoms with Gasteiger partial charge in [0.25, 0.3) is 5.91 Å². The number of amides is 2. The number of carboxylic acid groups (broad SMARTS) is 1. The van der Waals surface area contributed by atoms with Crippen LogP contribution in [-0.4, -0.2) is 38.7 Å². The summed E-state index contributed by atoms with van der Waals surface area (Å²) in [6.45, 7) is 4.01. The largest absolute Gasteiger partial charge is 0.480 e. The average molecular weight is 268 g/mol. The number of carbonyl (C=O) groups excluding carboxylic acids is 2. The molecule has 1 aromatic rings. The third kappa shape index (κ3) is 3.80. The molecule has 0 bridgehead atoms. The van der Waals surface area contributed by atoms with Gasteiger partial charge in [-0.05, 0) is 19.9 Å². The minimum absolute atomic E-state index is 0.246. The van der Waals surface area contributed by atoms with Gasteiger partial charge in [0.2, 0.25) is 5.91 Å². The van der Waals surface area contributed by atoms with Gasteiger partial charge in [-0.2, -0.15) is 5.10 Å². The summed E-state index contributed by atoms with van der Waals surface area (Å²) in [7, 11) is 0. The lowest BCUT2D eigenvalue weighted by Crippen LogP contribution is -2.43. The minimum atomic E-state index is -1.34. The van der Waals surface area contributed by atoms with E-state index in [0.717, 1.165) is 0 Å². The van der Waals surface area contributed by atoms with E-state index in [0.29, 0.717) is 12.2 Å². The van der Waals surface area contributed by atoms with E-state index < -0.39 is 30.2 Å². The Morgan fingerprint density at radius 1 is 1.53 bits per heavy atom. The molecule has 1 atom stereocenters. The Balaban J connectivity index is 2.87. The maximum absolute atomic E-state index is 11.9. The van der Waals surface area contributed by atoms with E-state index in [2.05, 4.69) is 10.4 Å². The zero-order chi connectivity index (χ0) is 14.6. The number of nitrogens with zero attached hydrogens (tertiary/aromatic N) is 2. The molecular weight excluding hydrogens is 252 g/mol. The number of hydrogen-bond donors (Lipinski definition) is 3. The number of carbonyl (C=O) groups is 3. The number of carboxylic acids is 1. The highest BCUT2D eigenvalue weighted by Crippen LogP contribution is 2.05. The standard InChI is InChI=1S/C11H16N4O4/c1-3-15-8(4-6(2)14-15)10(17)13-7(11(18)19)5-9(12)16/h4,7H,3,5H2,1-2H3,(H2,12,16)(H,13,17)(H,18,19)/t7-/m1/s1. The molecule has 0 saturated heterocycles. The van der Waals surface area contributed by atoms with Crippen LogP contribution in [0.4, 0.5) is 0 Å². The second-order valence-corrected chi connectivity index (χ2v) is 4.02. The monoisotopic (exact) mass is 268 g/mol. The van der Waals surface area contributed by atoms with Gasteiger partial charge in [0, 0.05) is 6.54 Å². The van der Waals surface area contributed by atoms with Crippen LogP contribution in [0.1, 0.15) is 29.5 Å². The quantitative estimate of drug-likeness (QED) is 0.626. The van der Waals surface area contributed by atoms with Crippen LogP contribution in [0, 0.1) is 6.92 Å². The number of nitrogens with one attached hydrogen (secondary N) is 1. The van der Waals surface area contributed by atoms with Crippen molar-refractivity contribution < 1.29 is 19.5 Å². The smallest absolute Gasteiger partial charge is 0.326 e. The molecule has 1 rings (SSSR count). The summed E-state index contributed by atoms with van der Waals surface area (Å²) < 4.78 is 1.45. The minimum Gasteiger partial charge on any atom is -0.480 e. The van der Waals surface area contributed by atoms with Crippen molar-refractivity contribution in [2.45, 2.75) is 32.9 Å². The van der Waals surface area contributed by atoms with Crippen LogP contribution in [0.2, 0.25) is 0 Å². The van der Waals surface area contributed by atoms with E-state index in [1.165, 1.54) is 4.68 Å². The van der Waals surface area contributed by atoms with E-state index in [-0.39, 0.29) is 5.69 Å². The molecule has 8 heteroatoms. The highest BCUT2D eigenvalue weighted by molar-refractivity contribution is 5.96. The molecule has 104 valence electrons. The SMILES string of the molecule is CCn1nc(C)cc1C(=O)N[C@H](CC(N)=O)C(=O)O. The van der Waals surface area contributed by atoms with Crippen molar-refractivity contribution in [2.75, 3.05) is 0 Å². The molecule has 0 aliphatic rings. The second kappa shape index (κ2) is 5.98. The lowest BCUT2D eigenvalue weighted by atomic mass is 10.2. The Hall–Kier alpha value is -2.38. The van der Waals surface area contributed by atoms with Crippen LogP contribution in [-0.2, 0) is 16.1 Å². The van der Waals surface area contributed by atoms with Gasteiger partial charge in [-0.3, -0.25) is 14.3 Å². The summed E-state index contributed by atoms with van der Waals surface area (Å²) in [5.41, 5.74) is 5.83. The molecule has 4 N–H and O–H groups in total. The highest BCUT2D eigenvalue weighted by atomic mass is 16.4. The fourth-order valence-electron chi connectivity index (χ4n) is 1.60. The van der Waals surface area contributed by atoms with Crippen LogP contribution in [0.3, 0.4) is 0 Å². The summed E-state index contributed by atoms with van der Waals surface area (Å²) in [5, 5.41) is 15.2. The first kappa shape index (κ1) is 14.7. The second-order valence-electron chi connectivity index (χ2n) is 4.02. The third-order valence-electron chi connectivity index (χ3n) is 2.44. The van der Waals surface area contributed by atoms with Crippen molar-refractivity contribution in [3.63, 3.8) is 0 Å². The maximum atomic E-state index is 11.9. The Labute approximate surface area is 109 Å². The molecule has 0 aromatic carbocycles. The number of aromatic nitrogens is 2. The number of primary amides is 1. The molecule has 0 aliphatic carbocycles. The average Bonchev–Trinajstić information content (AvgIpc) is 2.68. The lowest BCUT2D eigenvalue weighted by Gasteiger charge is -2.13. The summed E-state index contributed by atoms with van der Waals surface area (Å²) in [5.74, 6) is -2.71. The Kier molecular flexibility index (Phi) is 4.62. The van der Waals surface area contributed by atoms with Gasteiger partial charge in [0.05, 0.1) is 12.1 Å². The molecule has 0 unspecified atom stereocenters. The number of hydrogen-bond acceptors (Lipinski definition) is 4. The molecule has 2 amide bonds. The lowest BCUT2D eigenvalue weighted by molar-refractivity contribution is -0.140. The Morgan fingerprint density at radius 2 is 2.16 bits per heavy atom. The summed E-state index contributed by atoms with van der Waals surface area (Å²) in [6.07, 6.45) is -0.458. The van der Waals surface area contributed by atoms with Crippen molar-refractivity contribution in [3.05, 3.63) is 17.5 Å². The molecule has 19 heavy (non-hydrogen) atoms. The van der Waals surface area contributed by atoms with Crippen molar-refractivity contribution in [3.8, 4) is 0 Å². The van der Waals surface area contributed by atoms with Gasteiger partial charge in [-0.25, -0.2) is 4.79 Å². The number of rotatable bonds is 6. The van der Waals surface area contributed by atoms with E-state index in [1.807, 2.05) is 0 Å². The summed E-state index contributed by atoms with van der Waals surface area (Å²) in [4.78, 5) is 33.6. The fourth-order valence-corrected chi connectivity index (χ4v) is 1.60. The highest BCUT2D eigenvalue weighted by Gasteiger charge is 2.24. The van der Waals surface area contributed by atoms with Crippen LogP contribution < -0.4 is 11.1 Å². The Bertz CT molecular complexity index is 509.